The smallest absolute Gasteiger partial charge is 0.243 e. The SMILES string of the molecule is CN(CC(=O)Nc1ccccc1)C(=O)Cc1cccc2ccccc12. The zero-order valence-electron chi connectivity index (χ0n) is 14.1. The number of anilines is 1. The standard InChI is InChI=1S/C21H20N2O2/c1-23(15-20(24)22-18-11-3-2-4-12-18)21(25)14-17-10-7-9-16-8-5-6-13-19(16)17/h2-13H,14-15H2,1H3,(H,22,24). The van der Waals surface area contributed by atoms with Crippen molar-refractivity contribution in [2.75, 3.05) is 18.9 Å². The lowest BCUT2D eigenvalue weighted by atomic mass is 10.0. The van der Waals surface area contributed by atoms with Crippen LogP contribution >= 0.6 is 0 Å². The Bertz CT molecular complexity index is 885. The highest BCUT2D eigenvalue weighted by molar-refractivity contribution is 5.95. The Hall–Kier alpha value is -3.14. The number of likely N-dealkylation sites (N-methyl/N-ethyl adjacent to an activating group) is 1. The van der Waals surface area contributed by atoms with Gasteiger partial charge in [0.05, 0.1) is 13.0 Å². The lowest BCUT2D eigenvalue weighted by molar-refractivity contribution is -0.132. The number of carbonyl (C=O) groups excluding carboxylic acids is 2. The summed E-state index contributed by atoms with van der Waals surface area (Å²) in [6.45, 7) is 0.0263. The van der Waals surface area contributed by atoms with Crippen molar-refractivity contribution in [1.29, 1.82) is 0 Å². The second-order valence-corrected chi connectivity index (χ2v) is 5.98. The molecule has 1 N–H and O–H groups in total. The van der Waals surface area contributed by atoms with Crippen molar-refractivity contribution in [2.24, 2.45) is 0 Å². The third kappa shape index (κ3) is 4.23. The molecule has 3 aromatic carbocycles. The predicted molar refractivity (Wildman–Crippen MR) is 100 cm³/mol. The molecule has 0 unspecified atom stereocenters. The van der Waals surface area contributed by atoms with E-state index < -0.39 is 0 Å². The number of amides is 2. The first-order valence-electron chi connectivity index (χ1n) is 8.19. The van der Waals surface area contributed by atoms with Gasteiger partial charge in [0.2, 0.25) is 11.8 Å². The van der Waals surface area contributed by atoms with E-state index in [1.807, 2.05) is 72.8 Å². The Kier molecular flexibility index (Phi) is 5.09. The number of nitrogens with zero attached hydrogens (tertiary/aromatic N) is 1. The molecule has 0 aliphatic carbocycles. The molecule has 0 heterocycles. The molecule has 0 spiro atoms. The van der Waals surface area contributed by atoms with Gasteiger partial charge in [-0.05, 0) is 28.5 Å². The molecule has 3 aromatic rings. The van der Waals surface area contributed by atoms with Gasteiger partial charge in [-0.15, -0.1) is 0 Å². The number of para-hydroxylation sites is 1. The summed E-state index contributed by atoms with van der Waals surface area (Å²) in [6.07, 6.45) is 0.274. The first-order chi connectivity index (χ1) is 12.1. The fourth-order valence-corrected chi connectivity index (χ4v) is 2.77. The van der Waals surface area contributed by atoms with Gasteiger partial charge in [-0.25, -0.2) is 0 Å². The first kappa shape index (κ1) is 16.7. The number of hydrogen-bond donors (Lipinski definition) is 1. The molecule has 2 amide bonds. The topological polar surface area (TPSA) is 49.4 Å². The van der Waals surface area contributed by atoms with Crippen LogP contribution in [0.1, 0.15) is 5.56 Å². The Morgan fingerprint density at radius 2 is 1.56 bits per heavy atom. The Morgan fingerprint density at radius 1 is 0.880 bits per heavy atom. The maximum Gasteiger partial charge on any atom is 0.243 e. The van der Waals surface area contributed by atoms with E-state index in [2.05, 4.69) is 5.32 Å². The van der Waals surface area contributed by atoms with Crippen LogP contribution in [0.4, 0.5) is 5.69 Å². The van der Waals surface area contributed by atoms with Crippen molar-refractivity contribution in [1.82, 2.24) is 4.90 Å². The lowest BCUT2D eigenvalue weighted by Gasteiger charge is -2.17. The summed E-state index contributed by atoms with van der Waals surface area (Å²) in [4.78, 5) is 26.0. The second-order valence-electron chi connectivity index (χ2n) is 5.98. The molecule has 0 radical (unpaired) electrons. The van der Waals surface area contributed by atoms with Crippen molar-refractivity contribution in [2.45, 2.75) is 6.42 Å². The summed E-state index contributed by atoms with van der Waals surface area (Å²) in [5.74, 6) is -0.292. The quantitative estimate of drug-likeness (QED) is 0.778. The maximum atomic E-state index is 12.5. The van der Waals surface area contributed by atoms with Gasteiger partial charge in [-0.1, -0.05) is 60.7 Å². The van der Waals surface area contributed by atoms with E-state index >= 15 is 0 Å². The van der Waals surface area contributed by atoms with Gasteiger partial charge in [-0.3, -0.25) is 9.59 Å². The number of benzene rings is 3. The zero-order valence-corrected chi connectivity index (χ0v) is 14.1. The molecule has 0 saturated carbocycles. The minimum atomic E-state index is -0.208. The molecule has 0 saturated heterocycles. The molecule has 25 heavy (non-hydrogen) atoms. The van der Waals surface area contributed by atoms with Crippen molar-refractivity contribution in [3.63, 3.8) is 0 Å². The van der Waals surface area contributed by atoms with Gasteiger partial charge < -0.3 is 10.2 Å². The normalized spacial score (nSPS) is 10.4. The lowest BCUT2D eigenvalue weighted by Crippen LogP contribution is -2.35. The van der Waals surface area contributed by atoms with Gasteiger partial charge in [0.15, 0.2) is 0 Å². The minimum Gasteiger partial charge on any atom is -0.336 e. The van der Waals surface area contributed by atoms with E-state index in [9.17, 15) is 9.59 Å². The van der Waals surface area contributed by atoms with E-state index in [1.165, 1.54) is 4.90 Å². The van der Waals surface area contributed by atoms with E-state index in [0.29, 0.717) is 0 Å². The summed E-state index contributed by atoms with van der Waals surface area (Å²) in [7, 11) is 1.65. The average Bonchev–Trinajstić information content (AvgIpc) is 2.62. The average molecular weight is 332 g/mol. The number of hydrogen-bond acceptors (Lipinski definition) is 2. The Morgan fingerprint density at radius 3 is 2.36 bits per heavy atom. The molecular formula is C21H20N2O2. The van der Waals surface area contributed by atoms with Crippen LogP contribution in [-0.4, -0.2) is 30.3 Å². The summed E-state index contributed by atoms with van der Waals surface area (Å²) in [5, 5.41) is 4.97. The van der Waals surface area contributed by atoms with Crippen molar-refractivity contribution in [3.8, 4) is 0 Å². The van der Waals surface area contributed by atoms with Crippen LogP contribution in [0.2, 0.25) is 0 Å². The third-order valence-electron chi connectivity index (χ3n) is 4.09. The number of nitrogens with one attached hydrogen (secondary N) is 1. The van der Waals surface area contributed by atoms with E-state index in [-0.39, 0.29) is 24.8 Å². The summed E-state index contributed by atoms with van der Waals surface area (Å²) < 4.78 is 0. The summed E-state index contributed by atoms with van der Waals surface area (Å²) >= 11 is 0. The van der Waals surface area contributed by atoms with Gasteiger partial charge in [0.25, 0.3) is 0 Å². The number of carbonyl (C=O) groups is 2. The van der Waals surface area contributed by atoms with Crippen LogP contribution in [0.3, 0.4) is 0 Å². The molecule has 0 aliphatic rings. The highest BCUT2D eigenvalue weighted by Crippen LogP contribution is 2.19. The predicted octanol–water partition coefficient (Wildman–Crippen LogP) is 3.48. The van der Waals surface area contributed by atoms with E-state index in [0.717, 1.165) is 22.0 Å². The summed E-state index contributed by atoms with van der Waals surface area (Å²) in [5.41, 5.74) is 1.70. The van der Waals surface area contributed by atoms with Crippen molar-refractivity contribution < 1.29 is 9.59 Å². The number of fused-ring (bicyclic) bond motifs is 1. The minimum absolute atomic E-state index is 0.0263. The second kappa shape index (κ2) is 7.62. The molecule has 0 fully saturated rings. The zero-order chi connectivity index (χ0) is 17.6. The fourth-order valence-electron chi connectivity index (χ4n) is 2.77. The summed E-state index contributed by atoms with van der Waals surface area (Å²) in [6, 6.07) is 23.1. The molecule has 126 valence electrons. The van der Waals surface area contributed by atoms with Crippen LogP contribution < -0.4 is 5.32 Å². The molecular weight excluding hydrogens is 312 g/mol. The Labute approximate surface area is 147 Å². The molecule has 3 rings (SSSR count). The van der Waals surface area contributed by atoms with Crippen LogP contribution in [-0.2, 0) is 16.0 Å². The van der Waals surface area contributed by atoms with Crippen LogP contribution in [0, 0.1) is 0 Å². The van der Waals surface area contributed by atoms with Gasteiger partial charge in [0.1, 0.15) is 0 Å². The molecule has 0 aromatic heterocycles. The van der Waals surface area contributed by atoms with Gasteiger partial charge >= 0.3 is 0 Å². The van der Waals surface area contributed by atoms with Gasteiger partial charge in [-0.2, -0.15) is 0 Å². The van der Waals surface area contributed by atoms with Gasteiger partial charge in [0, 0.05) is 12.7 Å². The molecule has 0 bridgehead atoms. The molecule has 0 atom stereocenters. The molecule has 4 heteroatoms. The van der Waals surface area contributed by atoms with Crippen LogP contribution in [0.15, 0.2) is 72.8 Å². The van der Waals surface area contributed by atoms with Crippen LogP contribution in [0.25, 0.3) is 10.8 Å². The highest BCUT2D eigenvalue weighted by Gasteiger charge is 2.14. The van der Waals surface area contributed by atoms with E-state index in [1.54, 1.807) is 7.05 Å². The fraction of sp³-hybridized carbons (Fsp3) is 0.143. The molecule has 0 aliphatic heterocycles. The largest absolute Gasteiger partial charge is 0.336 e. The van der Waals surface area contributed by atoms with Crippen molar-refractivity contribution in [3.05, 3.63) is 78.4 Å². The molecule has 4 nitrogen and oxygen atoms in total. The third-order valence-corrected chi connectivity index (χ3v) is 4.09. The number of rotatable bonds is 5. The van der Waals surface area contributed by atoms with E-state index in [4.69, 9.17) is 0 Å². The maximum absolute atomic E-state index is 12.5. The van der Waals surface area contributed by atoms with Crippen LogP contribution in [0.5, 0.6) is 0 Å². The Balaban J connectivity index is 1.63. The van der Waals surface area contributed by atoms with Crippen molar-refractivity contribution >= 4 is 28.3 Å². The monoisotopic (exact) mass is 332 g/mol. The highest BCUT2D eigenvalue weighted by atomic mass is 16.2. The first-order valence-corrected chi connectivity index (χ1v) is 8.19.